The zero-order valence-corrected chi connectivity index (χ0v) is 18.4. The van der Waals surface area contributed by atoms with Gasteiger partial charge in [0.15, 0.2) is 0 Å². The van der Waals surface area contributed by atoms with Crippen molar-refractivity contribution in [3.05, 3.63) is 58.8 Å². The number of aryl methyl sites for hydroxylation is 2. The minimum absolute atomic E-state index is 0.00324. The fraction of sp³-hybridized carbons (Fsp3) is 0.500. The quantitative estimate of drug-likeness (QED) is 0.720. The molecule has 3 aliphatic rings. The molecular formula is C26H31N3O3. The predicted molar refractivity (Wildman–Crippen MR) is 123 cm³/mol. The van der Waals surface area contributed by atoms with Crippen molar-refractivity contribution >= 4 is 17.7 Å². The number of carbonyl (C=O) groups excluding carboxylic acids is 1. The number of pyridine rings is 1. The van der Waals surface area contributed by atoms with Gasteiger partial charge in [0.1, 0.15) is 5.82 Å². The molecule has 6 nitrogen and oxygen atoms in total. The number of carboxylic acids is 1. The first-order chi connectivity index (χ1) is 15.6. The highest BCUT2D eigenvalue weighted by molar-refractivity contribution is 5.76. The van der Waals surface area contributed by atoms with Crippen LogP contribution in [0, 0.1) is 5.92 Å². The molecule has 2 N–H and O–H groups in total. The number of benzene rings is 1. The number of aliphatic carboxylic acids is 1. The first kappa shape index (κ1) is 21.0. The van der Waals surface area contributed by atoms with Crippen molar-refractivity contribution in [2.24, 2.45) is 5.92 Å². The van der Waals surface area contributed by atoms with Crippen LogP contribution in [0.5, 0.6) is 0 Å². The van der Waals surface area contributed by atoms with Gasteiger partial charge in [0.2, 0.25) is 5.91 Å². The number of hydrogen-bond donors (Lipinski definition) is 2. The summed E-state index contributed by atoms with van der Waals surface area (Å²) in [4.78, 5) is 31.2. The summed E-state index contributed by atoms with van der Waals surface area (Å²) in [5.41, 5.74) is 4.79. The van der Waals surface area contributed by atoms with Crippen LogP contribution in [0.1, 0.15) is 66.3 Å². The zero-order valence-electron chi connectivity index (χ0n) is 18.4. The third-order valence-electron chi connectivity index (χ3n) is 7.49. The lowest BCUT2D eigenvalue weighted by molar-refractivity contribution is -0.138. The number of nitrogens with zero attached hydrogens (tertiary/aromatic N) is 2. The number of carbonyl (C=O) groups is 2. The molecule has 2 unspecified atom stereocenters. The monoisotopic (exact) mass is 433 g/mol. The van der Waals surface area contributed by atoms with E-state index in [1.165, 1.54) is 16.7 Å². The van der Waals surface area contributed by atoms with E-state index in [4.69, 9.17) is 4.98 Å². The van der Waals surface area contributed by atoms with Crippen LogP contribution in [0.2, 0.25) is 0 Å². The Morgan fingerprint density at radius 3 is 2.84 bits per heavy atom. The van der Waals surface area contributed by atoms with E-state index in [9.17, 15) is 14.7 Å². The maximum Gasteiger partial charge on any atom is 0.303 e. The van der Waals surface area contributed by atoms with E-state index in [0.29, 0.717) is 18.9 Å². The zero-order chi connectivity index (χ0) is 22.1. The van der Waals surface area contributed by atoms with E-state index in [-0.39, 0.29) is 24.2 Å². The average Bonchev–Trinajstić information content (AvgIpc) is 3.11. The van der Waals surface area contributed by atoms with Crippen LogP contribution in [0.3, 0.4) is 0 Å². The molecule has 3 atom stereocenters. The molecule has 0 spiro atoms. The molecule has 3 heterocycles. The standard InChI is InChI=1S/C26H31N3O3/c30-24(9-3-6-18-11-10-17-5-4-13-27-26(17)28-18)29-14-12-21-19-7-1-2-8-20(19)22(15-25(31)32)23(21)16-29/h1-2,7-8,10-11,21-23H,3-6,9,12-16H2,(H,27,28)(H,31,32)/t21?,22-,23?/m0/s1. The first-order valence-electron chi connectivity index (χ1n) is 11.9. The van der Waals surface area contributed by atoms with Crippen molar-refractivity contribution in [1.82, 2.24) is 9.88 Å². The third kappa shape index (κ3) is 4.10. The number of nitrogens with one attached hydrogen (secondary N) is 1. The van der Waals surface area contributed by atoms with Crippen LogP contribution in [0.25, 0.3) is 0 Å². The second kappa shape index (κ2) is 8.93. The fourth-order valence-electron chi connectivity index (χ4n) is 5.96. The van der Waals surface area contributed by atoms with E-state index >= 15 is 0 Å². The average molecular weight is 434 g/mol. The molecule has 0 saturated carbocycles. The molecular weight excluding hydrogens is 402 g/mol. The lowest BCUT2D eigenvalue weighted by atomic mass is 9.80. The van der Waals surface area contributed by atoms with E-state index < -0.39 is 5.97 Å². The van der Waals surface area contributed by atoms with Gasteiger partial charge in [-0.15, -0.1) is 0 Å². The van der Waals surface area contributed by atoms with E-state index in [1.807, 2.05) is 17.0 Å². The summed E-state index contributed by atoms with van der Waals surface area (Å²) in [5, 5.41) is 12.8. The molecule has 2 aliphatic heterocycles. The van der Waals surface area contributed by atoms with Crippen molar-refractivity contribution in [3.8, 4) is 0 Å². The molecule has 1 saturated heterocycles. The van der Waals surface area contributed by atoms with Crippen LogP contribution in [0.15, 0.2) is 36.4 Å². The largest absolute Gasteiger partial charge is 0.481 e. The molecule has 0 radical (unpaired) electrons. The number of aromatic nitrogens is 1. The Morgan fingerprint density at radius 2 is 2.00 bits per heavy atom. The van der Waals surface area contributed by atoms with Gasteiger partial charge in [0.05, 0.1) is 6.42 Å². The van der Waals surface area contributed by atoms with Gasteiger partial charge in [-0.05, 0) is 72.6 Å². The van der Waals surface area contributed by atoms with Gasteiger partial charge in [0, 0.05) is 31.7 Å². The number of piperidine rings is 1. The van der Waals surface area contributed by atoms with Crippen LogP contribution >= 0.6 is 0 Å². The molecule has 1 fully saturated rings. The SMILES string of the molecule is O=C(O)C[C@H]1c2ccccc2C2CCN(C(=O)CCCc3ccc4c(n3)NCCC4)CC21. The summed E-state index contributed by atoms with van der Waals surface area (Å²) in [6.45, 7) is 2.40. The van der Waals surface area contributed by atoms with Crippen LogP contribution in [-0.4, -0.2) is 46.5 Å². The van der Waals surface area contributed by atoms with Crippen molar-refractivity contribution in [3.63, 3.8) is 0 Å². The maximum absolute atomic E-state index is 13.0. The van der Waals surface area contributed by atoms with Crippen LogP contribution in [0.4, 0.5) is 5.82 Å². The van der Waals surface area contributed by atoms with Crippen molar-refractivity contribution < 1.29 is 14.7 Å². The smallest absolute Gasteiger partial charge is 0.303 e. The van der Waals surface area contributed by atoms with Crippen molar-refractivity contribution in [2.45, 2.75) is 56.8 Å². The molecule has 2 aromatic rings. The normalized spacial score (nSPS) is 23.6. The molecule has 0 bridgehead atoms. The highest BCUT2D eigenvalue weighted by Crippen LogP contribution is 2.51. The minimum Gasteiger partial charge on any atom is -0.481 e. The lowest BCUT2D eigenvalue weighted by Gasteiger charge is -2.37. The predicted octanol–water partition coefficient (Wildman–Crippen LogP) is 3.97. The molecule has 1 amide bonds. The van der Waals surface area contributed by atoms with Gasteiger partial charge in [-0.1, -0.05) is 30.3 Å². The molecule has 32 heavy (non-hydrogen) atoms. The van der Waals surface area contributed by atoms with Gasteiger partial charge in [0.25, 0.3) is 0 Å². The number of hydrogen-bond acceptors (Lipinski definition) is 4. The molecule has 168 valence electrons. The van der Waals surface area contributed by atoms with Gasteiger partial charge in [-0.2, -0.15) is 0 Å². The summed E-state index contributed by atoms with van der Waals surface area (Å²) in [7, 11) is 0. The van der Waals surface area contributed by atoms with Gasteiger partial charge < -0.3 is 15.3 Å². The van der Waals surface area contributed by atoms with Crippen molar-refractivity contribution in [1.29, 1.82) is 0 Å². The molecule has 5 rings (SSSR count). The topological polar surface area (TPSA) is 82.5 Å². The Bertz CT molecular complexity index is 1020. The number of carboxylic acid groups (broad SMARTS) is 1. The fourth-order valence-corrected chi connectivity index (χ4v) is 5.96. The van der Waals surface area contributed by atoms with Gasteiger partial charge in [-0.25, -0.2) is 4.98 Å². The van der Waals surface area contributed by atoms with Crippen LogP contribution in [-0.2, 0) is 22.4 Å². The van der Waals surface area contributed by atoms with E-state index in [1.54, 1.807) is 0 Å². The number of amides is 1. The van der Waals surface area contributed by atoms with Gasteiger partial charge in [-0.3, -0.25) is 9.59 Å². The second-order valence-electron chi connectivity index (χ2n) is 9.43. The van der Waals surface area contributed by atoms with E-state index in [0.717, 1.165) is 56.7 Å². The summed E-state index contributed by atoms with van der Waals surface area (Å²) < 4.78 is 0. The summed E-state index contributed by atoms with van der Waals surface area (Å²) in [6.07, 6.45) is 5.39. The number of fused-ring (bicyclic) bond motifs is 4. The lowest BCUT2D eigenvalue weighted by Crippen LogP contribution is -2.43. The molecule has 1 aliphatic carbocycles. The maximum atomic E-state index is 13.0. The number of likely N-dealkylation sites (tertiary alicyclic amines) is 1. The van der Waals surface area contributed by atoms with Crippen molar-refractivity contribution in [2.75, 3.05) is 25.0 Å². The number of anilines is 1. The Hall–Kier alpha value is -2.89. The molecule has 6 heteroatoms. The summed E-state index contributed by atoms with van der Waals surface area (Å²) >= 11 is 0. The van der Waals surface area contributed by atoms with E-state index in [2.05, 4.69) is 29.6 Å². The summed E-state index contributed by atoms with van der Waals surface area (Å²) in [6, 6.07) is 12.5. The molecule has 1 aromatic carbocycles. The highest BCUT2D eigenvalue weighted by Gasteiger charge is 2.44. The highest BCUT2D eigenvalue weighted by atomic mass is 16.4. The Morgan fingerprint density at radius 1 is 1.16 bits per heavy atom. The Labute approximate surface area is 189 Å². The first-order valence-corrected chi connectivity index (χ1v) is 11.9. The minimum atomic E-state index is -0.763. The second-order valence-corrected chi connectivity index (χ2v) is 9.43. The summed E-state index contributed by atoms with van der Waals surface area (Å²) in [5.74, 6) is 0.996. The Balaban J connectivity index is 1.19. The number of rotatable bonds is 6. The Kier molecular flexibility index (Phi) is 5.85. The van der Waals surface area contributed by atoms with Crippen LogP contribution < -0.4 is 5.32 Å². The van der Waals surface area contributed by atoms with Gasteiger partial charge >= 0.3 is 5.97 Å². The molecule has 1 aromatic heterocycles. The third-order valence-corrected chi connectivity index (χ3v) is 7.49.